The number of alkyl halides is 1. The van der Waals surface area contributed by atoms with Gasteiger partial charge in [0.25, 0.3) is 5.89 Å². The molecule has 0 aromatic carbocycles. The van der Waals surface area contributed by atoms with Crippen molar-refractivity contribution >= 4 is 15.9 Å². The van der Waals surface area contributed by atoms with Crippen LogP contribution in [-0.4, -0.2) is 25.2 Å². The Labute approximate surface area is 110 Å². The van der Waals surface area contributed by atoms with Gasteiger partial charge in [0.15, 0.2) is 5.76 Å². The molecule has 3 aromatic rings. The molecule has 3 aromatic heterocycles. The van der Waals surface area contributed by atoms with Crippen LogP contribution in [0.2, 0.25) is 0 Å². The zero-order chi connectivity index (χ0) is 12.4. The third-order valence-corrected chi connectivity index (χ3v) is 2.79. The van der Waals surface area contributed by atoms with E-state index >= 15 is 0 Å². The van der Waals surface area contributed by atoms with Gasteiger partial charge in [-0.2, -0.15) is 0 Å². The first-order chi connectivity index (χ1) is 8.85. The largest absolute Gasteiger partial charge is 0.459 e. The van der Waals surface area contributed by atoms with Crippen LogP contribution in [-0.2, 0) is 11.9 Å². The van der Waals surface area contributed by atoms with E-state index in [0.29, 0.717) is 29.4 Å². The Morgan fingerprint density at radius 3 is 2.94 bits per heavy atom. The third-order valence-electron chi connectivity index (χ3n) is 2.22. The van der Waals surface area contributed by atoms with Crippen molar-refractivity contribution in [2.45, 2.75) is 11.9 Å². The summed E-state index contributed by atoms with van der Waals surface area (Å²) in [6.45, 7) is 0.383. The van der Waals surface area contributed by atoms with Crippen molar-refractivity contribution in [3.8, 4) is 11.7 Å². The fraction of sp³-hybridized carbons (Fsp3) is 0.200. The molecule has 3 heterocycles. The van der Waals surface area contributed by atoms with Gasteiger partial charge in [0, 0.05) is 11.5 Å². The van der Waals surface area contributed by atoms with Crippen LogP contribution in [0.15, 0.2) is 33.4 Å². The highest BCUT2D eigenvalue weighted by Crippen LogP contribution is 2.18. The average Bonchev–Trinajstić information content (AvgIpc) is 3.10. The van der Waals surface area contributed by atoms with E-state index in [1.807, 2.05) is 6.20 Å². The van der Waals surface area contributed by atoms with E-state index in [0.717, 1.165) is 5.69 Å². The molecule has 0 saturated heterocycles. The van der Waals surface area contributed by atoms with Gasteiger partial charge in [-0.25, -0.2) is 4.68 Å². The summed E-state index contributed by atoms with van der Waals surface area (Å²) in [5, 5.41) is 16.4. The predicted molar refractivity (Wildman–Crippen MR) is 63.8 cm³/mol. The minimum absolute atomic E-state index is 0.357. The summed E-state index contributed by atoms with van der Waals surface area (Å²) < 4.78 is 12.3. The quantitative estimate of drug-likeness (QED) is 0.684. The first-order valence-corrected chi connectivity index (χ1v) is 6.28. The van der Waals surface area contributed by atoms with E-state index in [1.54, 1.807) is 23.1 Å². The molecule has 0 amide bonds. The van der Waals surface area contributed by atoms with Gasteiger partial charge in [-0.05, 0) is 12.1 Å². The minimum Gasteiger partial charge on any atom is -0.459 e. The first kappa shape index (κ1) is 11.1. The van der Waals surface area contributed by atoms with Gasteiger partial charge in [0.05, 0.1) is 12.0 Å². The Bertz CT molecular complexity index is 630. The smallest absolute Gasteiger partial charge is 0.283 e. The van der Waals surface area contributed by atoms with Crippen LogP contribution in [0.5, 0.6) is 0 Å². The maximum Gasteiger partial charge on any atom is 0.283 e. The Kier molecular flexibility index (Phi) is 2.93. The molecule has 0 unspecified atom stereocenters. The van der Waals surface area contributed by atoms with Gasteiger partial charge in [-0.15, -0.1) is 15.3 Å². The number of hydrogen-bond acceptors (Lipinski definition) is 6. The van der Waals surface area contributed by atoms with Gasteiger partial charge in [-0.3, -0.25) is 0 Å². The highest BCUT2D eigenvalue weighted by atomic mass is 79.9. The maximum atomic E-state index is 5.46. The first-order valence-electron chi connectivity index (χ1n) is 5.16. The number of aromatic nitrogens is 5. The van der Waals surface area contributed by atoms with Crippen molar-refractivity contribution in [1.29, 1.82) is 0 Å². The Morgan fingerprint density at radius 2 is 2.22 bits per heavy atom. The fourth-order valence-corrected chi connectivity index (χ4v) is 1.69. The van der Waals surface area contributed by atoms with Crippen LogP contribution in [0.3, 0.4) is 0 Å². The monoisotopic (exact) mass is 309 g/mol. The van der Waals surface area contributed by atoms with E-state index in [9.17, 15) is 0 Å². The highest BCUT2D eigenvalue weighted by Gasteiger charge is 2.11. The summed E-state index contributed by atoms with van der Waals surface area (Å²) in [5.74, 6) is 1.36. The lowest BCUT2D eigenvalue weighted by Gasteiger charge is -1.92. The maximum absolute atomic E-state index is 5.46. The number of nitrogens with zero attached hydrogens (tertiary/aromatic N) is 5. The second-order valence-electron chi connectivity index (χ2n) is 3.52. The van der Waals surface area contributed by atoms with Crippen LogP contribution in [0, 0.1) is 0 Å². The van der Waals surface area contributed by atoms with Crippen LogP contribution in [0.4, 0.5) is 0 Å². The summed E-state index contributed by atoms with van der Waals surface area (Å²) >= 11 is 3.31. The molecule has 0 fully saturated rings. The predicted octanol–water partition coefficient (Wildman–Crippen LogP) is 1.86. The van der Waals surface area contributed by atoms with Gasteiger partial charge >= 0.3 is 0 Å². The summed E-state index contributed by atoms with van der Waals surface area (Å²) in [7, 11) is 0. The van der Waals surface area contributed by atoms with E-state index in [1.165, 1.54) is 0 Å². The number of halogens is 1. The van der Waals surface area contributed by atoms with E-state index in [4.69, 9.17) is 8.83 Å². The molecule has 0 bridgehead atoms. The van der Waals surface area contributed by atoms with Crippen LogP contribution >= 0.6 is 15.9 Å². The lowest BCUT2D eigenvalue weighted by Crippen LogP contribution is -2.00. The molecule has 0 saturated carbocycles. The zero-order valence-electron chi connectivity index (χ0n) is 9.15. The summed E-state index contributed by atoms with van der Waals surface area (Å²) in [6, 6.07) is 3.52. The fourth-order valence-electron chi connectivity index (χ4n) is 1.43. The van der Waals surface area contributed by atoms with E-state index in [-0.39, 0.29) is 0 Å². The van der Waals surface area contributed by atoms with Gasteiger partial charge in [-0.1, -0.05) is 21.1 Å². The molecule has 7 nitrogen and oxygen atoms in total. The molecule has 92 valence electrons. The SMILES string of the molecule is BrCc1cn(Cc2nnc(-c3ccco3)o2)nn1. The summed E-state index contributed by atoms with van der Waals surface area (Å²) in [5.41, 5.74) is 0.848. The van der Waals surface area contributed by atoms with Crippen molar-refractivity contribution < 1.29 is 8.83 Å². The van der Waals surface area contributed by atoms with Crippen molar-refractivity contribution in [3.63, 3.8) is 0 Å². The topological polar surface area (TPSA) is 82.8 Å². The van der Waals surface area contributed by atoms with Gasteiger partial charge in [0.1, 0.15) is 6.54 Å². The van der Waals surface area contributed by atoms with Crippen molar-refractivity contribution in [2.24, 2.45) is 0 Å². The molecular formula is C10H8BrN5O2. The van der Waals surface area contributed by atoms with E-state index < -0.39 is 0 Å². The molecular weight excluding hydrogens is 302 g/mol. The van der Waals surface area contributed by atoms with Crippen LogP contribution < -0.4 is 0 Å². The van der Waals surface area contributed by atoms with Crippen molar-refractivity contribution in [2.75, 3.05) is 0 Å². The molecule has 0 spiro atoms. The summed E-state index contributed by atoms with van der Waals surface area (Å²) in [6.07, 6.45) is 3.37. The molecule has 3 rings (SSSR count). The molecule has 0 radical (unpaired) electrons. The molecule has 0 N–H and O–H groups in total. The second kappa shape index (κ2) is 4.73. The second-order valence-corrected chi connectivity index (χ2v) is 4.08. The molecule has 0 aliphatic rings. The average molecular weight is 310 g/mol. The highest BCUT2D eigenvalue weighted by molar-refractivity contribution is 9.08. The third kappa shape index (κ3) is 2.19. The number of furan rings is 1. The molecule has 0 atom stereocenters. The van der Waals surface area contributed by atoms with Crippen LogP contribution in [0.25, 0.3) is 11.7 Å². The Morgan fingerprint density at radius 1 is 1.28 bits per heavy atom. The molecule has 0 aliphatic carbocycles. The standard InChI is InChI=1S/C10H8BrN5O2/c11-4-7-5-16(15-12-7)6-9-13-14-10(18-9)8-2-1-3-17-8/h1-3,5H,4,6H2. The number of hydrogen-bond donors (Lipinski definition) is 0. The normalized spacial score (nSPS) is 10.9. The zero-order valence-corrected chi connectivity index (χ0v) is 10.7. The van der Waals surface area contributed by atoms with E-state index in [2.05, 4.69) is 36.4 Å². The lowest BCUT2D eigenvalue weighted by atomic mass is 10.4. The molecule has 18 heavy (non-hydrogen) atoms. The van der Waals surface area contributed by atoms with Crippen molar-refractivity contribution in [1.82, 2.24) is 25.2 Å². The Balaban J connectivity index is 1.77. The summed E-state index contributed by atoms with van der Waals surface area (Å²) in [4.78, 5) is 0. The minimum atomic E-state index is 0.357. The number of rotatable bonds is 4. The van der Waals surface area contributed by atoms with Crippen molar-refractivity contribution in [3.05, 3.63) is 36.2 Å². The Hall–Kier alpha value is -1.96. The van der Waals surface area contributed by atoms with Crippen LogP contribution in [0.1, 0.15) is 11.6 Å². The van der Waals surface area contributed by atoms with Gasteiger partial charge < -0.3 is 8.83 Å². The molecule has 0 aliphatic heterocycles. The lowest BCUT2D eigenvalue weighted by molar-refractivity contribution is 0.454. The molecule has 8 heteroatoms. The van der Waals surface area contributed by atoms with Gasteiger partial charge in [0.2, 0.25) is 5.89 Å².